The molecule has 1 N–H and O–H groups in total. The molecule has 0 saturated heterocycles. The van der Waals surface area contributed by atoms with Crippen molar-refractivity contribution in [3.8, 4) is 5.75 Å². The molecule has 0 radical (unpaired) electrons. The molecule has 0 fully saturated rings. The van der Waals surface area contributed by atoms with E-state index in [0.717, 1.165) is 5.56 Å². The fourth-order valence-electron chi connectivity index (χ4n) is 2.80. The third-order valence-electron chi connectivity index (χ3n) is 4.20. The summed E-state index contributed by atoms with van der Waals surface area (Å²) in [5, 5.41) is 3.93. The minimum absolute atomic E-state index is 0.0359. The fraction of sp³-hybridized carbons (Fsp3) is 0.263. The first-order chi connectivity index (χ1) is 12.5. The van der Waals surface area contributed by atoms with Gasteiger partial charge in [0.1, 0.15) is 5.75 Å². The summed E-state index contributed by atoms with van der Waals surface area (Å²) in [5.74, 6) is 0.112. The zero-order valence-electron chi connectivity index (χ0n) is 14.2. The molecule has 0 bridgehead atoms. The average molecular weight is 393 g/mol. The van der Waals surface area contributed by atoms with Crippen molar-refractivity contribution in [2.75, 3.05) is 18.5 Å². The Morgan fingerprint density at radius 2 is 2.00 bits per heavy atom. The van der Waals surface area contributed by atoms with Gasteiger partial charge in [-0.15, -0.1) is 0 Å². The normalized spacial score (nSPS) is 16.0. The van der Waals surface area contributed by atoms with E-state index in [9.17, 15) is 9.59 Å². The molecular weight excluding hydrogens is 375 g/mol. The van der Waals surface area contributed by atoms with Crippen molar-refractivity contribution >= 4 is 40.7 Å². The van der Waals surface area contributed by atoms with Gasteiger partial charge in [0.25, 0.3) is 5.91 Å². The summed E-state index contributed by atoms with van der Waals surface area (Å²) in [4.78, 5) is 26.1. The number of benzene rings is 2. The Bertz CT molecular complexity index is 841. The van der Waals surface area contributed by atoms with E-state index in [4.69, 9.17) is 27.9 Å². The van der Waals surface area contributed by atoms with Gasteiger partial charge in [-0.25, -0.2) is 0 Å². The molecule has 26 heavy (non-hydrogen) atoms. The molecule has 1 heterocycles. The lowest BCUT2D eigenvalue weighted by Gasteiger charge is -2.31. The number of hydrogen-bond acceptors (Lipinski definition) is 3. The minimum atomic E-state index is -0.825. The number of nitrogens with zero attached hydrogens (tertiary/aromatic N) is 1. The maximum atomic E-state index is 12.4. The number of likely N-dealkylation sites (N-methyl/N-ethyl adjacent to an activating group) is 1. The molecule has 2 aromatic rings. The van der Waals surface area contributed by atoms with Crippen molar-refractivity contribution in [2.45, 2.75) is 18.9 Å². The molecule has 0 aromatic heterocycles. The molecule has 0 spiro atoms. The summed E-state index contributed by atoms with van der Waals surface area (Å²) < 4.78 is 5.69. The minimum Gasteiger partial charge on any atom is -0.478 e. The number of carbonyl (C=O) groups excluding carboxylic acids is 2. The number of anilines is 1. The van der Waals surface area contributed by atoms with E-state index in [1.54, 1.807) is 31.3 Å². The Morgan fingerprint density at radius 1 is 1.23 bits per heavy atom. The molecule has 1 atom stereocenters. The van der Waals surface area contributed by atoms with Gasteiger partial charge in [0.05, 0.1) is 12.1 Å². The lowest BCUT2D eigenvalue weighted by molar-refractivity contribution is -0.132. The molecule has 5 nitrogen and oxygen atoms in total. The standard InChI is InChI=1S/C19H18Cl2N2O3/c1-23-15-4-2-3-5-16(15)26-17(19(23)25)11-18(24)22-9-8-12-6-7-13(20)10-14(12)21/h2-7,10,17H,8-9,11H2,1H3,(H,22,24). The van der Waals surface area contributed by atoms with Gasteiger partial charge >= 0.3 is 0 Å². The van der Waals surface area contributed by atoms with Gasteiger partial charge in [-0.05, 0) is 36.2 Å². The van der Waals surface area contributed by atoms with E-state index < -0.39 is 6.10 Å². The summed E-state index contributed by atoms with van der Waals surface area (Å²) in [5.41, 5.74) is 1.60. The first-order valence-electron chi connectivity index (χ1n) is 8.19. The first-order valence-corrected chi connectivity index (χ1v) is 8.95. The van der Waals surface area contributed by atoms with Crippen LogP contribution in [-0.2, 0) is 16.0 Å². The molecule has 2 amide bonds. The summed E-state index contributed by atoms with van der Waals surface area (Å²) in [6.45, 7) is 0.410. The van der Waals surface area contributed by atoms with Crippen molar-refractivity contribution in [1.29, 1.82) is 0 Å². The lowest BCUT2D eigenvalue weighted by Crippen LogP contribution is -2.46. The maximum Gasteiger partial charge on any atom is 0.268 e. The van der Waals surface area contributed by atoms with Crippen LogP contribution in [0.4, 0.5) is 5.69 Å². The fourth-order valence-corrected chi connectivity index (χ4v) is 3.31. The topological polar surface area (TPSA) is 58.6 Å². The highest BCUT2D eigenvalue weighted by Gasteiger charge is 2.33. The highest BCUT2D eigenvalue weighted by Crippen LogP contribution is 2.33. The molecule has 136 valence electrons. The molecule has 1 aliphatic heterocycles. The van der Waals surface area contributed by atoms with Gasteiger partial charge in [-0.2, -0.15) is 0 Å². The van der Waals surface area contributed by atoms with Gasteiger partial charge in [0.2, 0.25) is 5.91 Å². The van der Waals surface area contributed by atoms with E-state index in [1.165, 1.54) is 4.90 Å². The molecule has 3 rings (SSSR count). The van der Waals surface area contributed by atoms with Crippen LogP contribution in [0.3, 0.4) is 0 Å². The lowest BCUT2D eigenvalue weighted by atomic mass is 10.1. The van der Waals surface area contributed by atoms with Crippen molar-refractivity contribution in [2.24, 2.45) is 0 Å². The smallest absolute Gasteiger partial charge is 0.268 e. The third kappa shape index (κ3) is 4.11. The molecular formula is C19H18Cl2N2O3. The molecule has 0 saturated carbocycles. The Hall–Kier alpha value is -2.24. The van der Waals surface area contributed by atoms with Crippen molar-refractivity contribution in [1.82, 2.24) is 5.32 Å². The number of halogens is 2. The van der Waals surface area contributed by atoms with Crippen LogP contribution < -0.4 is 15.0 Å². The Balaban J connectivity index is 1.54. The predicted octanol–water partition coefficient (Wildman–Crippen LogP) is 3.47. The van der Waals surface area contributed by atoms with Gasteiger partial charge in [0, 0.05) is 23.6 Å². The van der Waals surface area contributed by atoms with E-state index in [0.29, 0.717) is 34.4 Å². The zero-order valence-corrected chi connectivity index (χ0v) is 15.7. The van der Waals surface area contributed by atoms with E-state index in [-0.39, 0.29) is 18.2 Å². The predicted molar refractivity (Wildman–Crippen MR) is 102 cm³/mol. The van der Waals surface area contributed by atoms with Gasteiger partial charge in [-0.1, -0.05) is 41.4 Å². The van der Waals surface area contributed by atoms with Gasteiger partial charge < -0.3 is 15.0 Å². The molecule has 2 aromatic carbocycles. The third-order valence-corrected chi connectivity index (χ3v) is 4.79. The highest BCUT2D eigenvalue weighted by molar-refractivity contribution is 6.35. The monoisotopic (exact) mass is 392 g/mol. The van der Waals surface area contributed by atoms with Crippen molar-refractivity contribution in [3.05, 3.63) is 58.1 Å². The van der Waals surface area contributed by atoms with E-state index >= 15 is 0 Å². The summed E-state index contributed by atoms with van der Waals surface area (Å²) in [6, 6.07) is 12.5. The molecule has 0 aliphatic carbocycles. The molecule has 1 aliphatic rings. The van der Waals surface area contributed by atoms with E-state index in [2.05, 4.69) is 5.32 Å². The second-order valence-corrected chi connectivity index (χ2v) is 6.85. The SMILES string of the molecule is CN1C(=O)C(CC(=O)NCCc2ccc(Cl)cc2Cl)Oc2ccccc21. The van der Waals surface area contributed by atoms with Crippen LogP contribution in [0.1, 0.15) is 12.0 Å². The van der Waals surface area contributed by atoms with Crippen LogP contribution >= 0.6 is 23.2 Å². The van der Waals surface area contributed by atoms with Crippen LogP contribution in [0.25, 0.3) is 0 Å². The largest absolute Gasteiger partial charge is 0.478 e. The first kappa shape index (κ1) is 18.5. The molecule has 1 unspecified atom stereocenters. The number of fused-ring (bicyclic) bond motifs is 1. The van der Waals surface area contributed by atoms with Crippen molar-refractivity contribution in [3.63, 3.8) is 0 Å². The number of hydrogen-bond donors (Lipinski definition) is 1. The second-order valence-electron chi connectivity index (χ2n) is 6.01. The van der Waals surface area contributed by atoms with Crippen molar-refractivity contribution < 1.29 is 14.3 Å². The van der Waals surface area contributed by atoms with Gasteiger partial charge in [0.15, 0.2) is 6.10 Å². The second kappa shape index (κ2) is 7.98. The number of amides is 2. The maximum absolute atomic E-state index is 12.4. The number of ether oxygens (including phenoxy) is 1. The summed E-state index contributed by atoms with van der Waals surface area (Å²) in [6.07, 6.45) is -0.287. The van der Waals surface area contributed by atoms with Gasteiger partial charge in [-0.3, -0.25) is 9.59 Å². The number of nitrogens with one attached hydrogen (secondary N) is 1. The Labute approximate surface area is 161 Å². The van der Waals surface area contributed by atoms with Crippen LogP contribution in [0, 0.1) is 0 Å². The van der Waals surface area contributed by atoms with Crippen LogP contribution in [-0.4, -0.2) is 31.5 Å². The highest BCUT2D eigenvalue weighted by atomic mass is 35.5. The Morgan fingerprint density at radius 3 is 2.77 bits per heavy atom. The number of carbonyl (C=O) groups is 2. The van der Waals surface area contributed by atoms with Crippen LogP contribution in [0.15, 0.2) is 42.5 Å². The summed E-state index contributed by atoms with van der Waals surface area (Å²) in [7, 11) is 1.68. The Kier molecular flexibility index (Phi) is 5.69. The van der Waals surface area contributed by atoms with Crippen LogP contribution in [0.2, 0.25) is 10.0 Å². The summed E-state index contributed by atoms with van der Waals surface area (Å²) >= 11 is 12.0. The molecule has 7 heteroatoms. The average Bonchev–Trinajstić information content (AvgIpc) is 2.61. The zero-order chi connectivity index (χ0) is 18.7. The van der Waals surface area contributed by atoms with Crippen LogP contribution in [0.5, 0.6) is 5.75 Å². The quantitative estimate of drug-likeness (QED) is 0.847. The number of rotatable bonds is 5. The number of para-hydroxylation sites is 2. The van der Waals surface area contributed by atoms with E-state index in [1.807, 2.05) is 18.2 Å².